The molecule has 0 radical (unpaired) electrons. The van der Waals surface area contributed by atoms with Gasteiger partial charge in [0.25, 0.3) is 0 Å². The van der Waals surface area contributed by atoms with Crippen LogP contribution in [-0.2, 0) is 0 Å². The fraction of sp³-hybridized carbons (Fsp3) is 0.586. The maximum Gasteiger partial charge on any atom is 0.127 e. The van der Waals surface area contributed by atoms with Crippen molar-refractivity contribution in [3.63, 3.8) is 0 Å². The maximum absolute atomic E-state index is 6.03. The van der Waals surface area contributed by atoms with Crippen molar-refractivity contribution in [2.24, 2.45) is 0 Å². The molecule has 2 nitrogen and oxygen atoms in total. The van der Waals surface area contributed by atoms with Crippen LogP contribution in [0, 0.1) is 0 Å². The van der Waals surface area contributed by atoms with Crippen LogP contribution in [0.3, 0.4) is 0 Å². The molecule has 3 heteroatoms. The van der Waals surface area contributed by atoms with Gasteiger partial charge in [0.15, 0.2) is 0 Å². The van der Waals surface area contributed by atoms with Gasteiger partial charge in [0.1, 0.15) is 11.5 Å². The third-order valence-corrected chi connectivity index (χ3v) is 8.68. The second-order valence-corrected chi connectivity index (χ2v) is 11.8. The second kappa shape index (κ2) is 11.1. The number of benzene rings is 2. The van der Waals surface area contributed by atoms with E-state index in [1.165, 1.54) is 65.2 Å². The molecule has 1 unspecified atom stereocenters. The van der Waals surface area contributed by atoms with E-state index in [1.54, 1.807) is 0 Å². The zero-order valence-corrected chi connectivity index (χ0v) is 22.5. The van der Waals surface area contributed by atoms with Crippen molar-refractivity contribution < 1.29 is 9.47 Å². The number of hydrogen-bond acceptors (Lipinski definition) is 2. The molecule has 1 aliphatic rings. The van der Waals surface area contributed by atoms with Crippen LogP contribution in [0.1, 0.15) is 108 Å². The minimum Gasteiger partial charge on any atom is -0.496 e. The number of hydrogen-bond donors (Lipinski definition) is 0. The van der Waals surface area contributed by atoms with E-state index in [9.17, 15) is 0 Å². The normalized spacial score (nSPS) is 15.5. The first-order valence-electron chi connectivity index (χ1n) is 12.5. The lowest BCUT2D eigenvalue weighted by Gasteiger charge is -2.29. The number of ether oxygens (including phenoxy) is 2. The Morgan fingerprint density at radius 2 is 1.25 bits per heavy atom. The van der Waals surface area contributed by atoms with Gasteiger partial charge in [-0.15, -0.1) is 0 Å². The molecule has 0 aromatic heterocycles. The molecule has 1 aliphatic carbocycles. The quantitative estimate of drug-likeness (QED) is 0.373. The molecule has 2 aromatic carbocycles. The molecule has 1 atom stereocenters. The minimum absolute atomic E-state index is 0.433. The van der Waals surface area contributed by atoms with Gasteiger partial charge in [0, 0.05) is 10.9 Å². The van der Waals surface area contributed by atoms with E-state index in [2.05, 4.69) is 65.8 Å². The van der Waals surface area contributed by atoms with Gasteiger partial charge in [-0.3, -0.25) is 0 Å². The highest BCUT2D eigenvalue weighted by atomic mass is 31.1. The van der Waals surface area contributed by atoms with Crippen molar-refractivity contribution in [3.05, 3.63) is 41.0 Å². The third kappa shape index (κ3) is 5.33. The largest absolute Gasteiger partial charge is 0.496 e. The SMILES string of the molecule is COc1ccc(OC)c(-c2c(C(C)C)cc(C(C)C)cc2C(C)C)c1PC1CCCCC1. The molecule has 0 saturated heterocycles. The summed E-state index contributed by atoms with van der Waals surface area (Å²) in [5, 5.41) is 1.36. The van der Waals surface area contributed by atoms with Gasteiger partial charge in [0.2, 0.25) is 0 Å². The van der Waals surface area contributed by atoms with E-state index in [0.717, 1.165) is 25.7 Å². The Morgan fingerprint density at radius 3 is 1.72 bits per heavy atom. The maximum atomic E-state index is 6.03. The Kier molecular flexibility index (Phi) is 8.68. The summed E-state index contributed by atoms with van der Waals surface area (Å²) in [6.45, 7) is 13.9. The van der Waals surface area contributed by atoms with Gasteiger partial charge in [-0.2, -0.15) is 0 Å². The Morgan fingerprint density at radius 1 is 0.719 bits per heavy atom. The van der Waals surface area contributed by atoms with Crippen molar-refractivity contribution >= 4 is 13.9 Å². The van der Waals surface area contributed by atoms with E-state index in [0.29, 0.717) is 17.8 Å². The van der Waals surface area contributed by atoms with Crippen molar-refractivity contribution in [1.82, 2.24) is 0 Å². The highest BCUT2D eigenvalue weighted by Crippen LogP contribution is 2.46. The molecule has 0 spiro atoms. The van der Waals surface area contributed by atoms with Crippen molar-refractivity contribution in [2.45, 2.75) is 97.1 Å². The van der Waals surface area contributed by atoms with Crippen molar-refractivity contribution in [3.8, 4) is 22.6 Å². The summed E-state index contributed by atoms with van der Waals surface area (Å²) in [7, 11) is 4.38. The standard InChI is InChI=1S/C29H43O2P/c1-18(2)21-16-23(19(3)4)27(24(17-21)20(5)6)28-25(30-7)14-15-26(31-8)29(28)32-22-12-10-9-11-13-22/h14-20,22,32H,9-13H2,1-8H3. The second-order valence-electron chi connectivity index (χ2n) is 10.2. The topological polar surface area (TPSA) is 18.5 Å². The number of rotatable bonds is 8. The number of methoxy groups -OCH3 is 2. The molecule has 1 fully saturated rings. The van der Waals surface area contributed by atoms with Gasteiger partial charge in [-0.1, -0.05) is 81.5 Å². The molecule has 0 aliphatic heterocycles. The zero-order chi connectivity index (χ0) is 23.4. The fourth-order valence-electron chi connectivity index (χ4n) is 4.99. The first kappa shape index (κ1) is 25.1. The lowest BCUT2D eigenvalue weighted by Crippen LogP contribution is -2.16. The van der Waals surface area contributed by atoms with E-state index < -0.39 is 0 Å². The monoisotopic (exact) mass is 454 g/mol. The van der Waals surface area contributed by atoms with Crippen LogP contribution in [0.4, 0.5) is 0 Å². The molecular weight excluding hydrogens is 411 g/mol. The molecule has 0 bridgehead atoms. The molecule has 176 valence electrons. The summed E-state index contributed by atoms with van der Waals surface area (Å²) in [5.74, 6) is 3.37. The first-order chi connectivity index (χ1) is 15.3. The van der Waals surface area contributed by atoms with Crippen LogP contribution < -0.4 is 14.8 Å². The Balaban J connectivity index is 2.34. The first-order valence-corrected chi connectivity index (χ1v) is 13.6. The summed E-state index contributed by atoms with van der Waals surface area (Å²) in [6, 6.07) is 9.11. The average Bonchev–Trinajstić information content (AvgIpc) is 2.78. The molecule has 3 rings (SSSR count). The molecule has 1 saturated carbocycles. The summed E-state index contributed by atoms with van der Waals surface area (Å²) in [6.07, 6.45) is 6.76. The molecular formula is C29H43O2P. The zero-order valence-electron chi connectivity index (χ0n) is 21.5. The van der Waals surface area contributed by atoms with Gasteiger partial charge in [-0.05, 0) is 70.6 Å². The van der Waals surface area contributed by atoms with Crippen molar-refractivity contribution in [2.75, 3.05) is 14.2 Å². The predicted octanol–water partition coefficient (Wildman–Crippen LogP) is 8.38. The summed E-state index contributed by atoms with van der Waals surface area (Å²) in [4.78, 5) is 0. The lowest BCUT2D eigenvalue weighted by atomic mass is 9.81. The highest BCUT2D eigenvalue weighted by molar-refractivity contribution is 7.48. The Hall–Kier alpha value is -1.53. The minimum atomic E-state index is 0.433. The molecule has 0 N–H and O–H groups in total. The van der Waals surface area contributed by atoms with Gasteiger partial charge in [-0.25, -0.2) is 0 Å². The van der Waals surface area contributed by atoms with Crippen LogP contribution in [0.5, 0.6) is 11.5 Å². The molecule has 0 amide bonds. The highest BCUT2D eigenvalue weighted by Gasteiger charge is 2.27. The van der Waals surface area contributed by atoms with E-state index in [1.807, 2.05) is 14.2 Å². The van der Waals surface area contributed by atoms with Gasteiger partial charge < -0.3 is 9.47 Å². The fourth-order valence-corrected chi connectivity index (χ4v) is 6.82. The van der Waals surface area contributed by atoms with Crippen LogP contribution >= 0.6 is 8.58 Å². The molecule has 32 heavy (non-hydrogen) atoms. The van der Waals surface area contributed by atoms with Crippen molar-refractivity contribution in [1.29, 1.82) is 0 Å². The van der Waals surface area contributed by atoms with E-state index in [4.69, 9.17) is 9.47 Å². The lowest BCUT2D eigenvalue weighted by molar-refractivity contribution is 0.407. The Bertz CT molecular complexity index is 879. The van der Waals surface area contributed by atoms with Crippen LogP contribution in [0.15, 0.2) is 24.3 Å². The van der Waals surface area contributed by atoms with Gasteiger partial charge in [0.05, 0.1) is 14.2 Å². The predicted molar refractivity (Wildman–Crippen MR) is 142 cm³/mol. The molecule has 0 heterocycles. The molecule has 2 aromatic rings. The van der Waals surface area contributed by atoms with Gasteiger partial charge >= 0.3 is 0 Å². The third-order valence-electron chi connectivity index (χ3n) is 6.90. The van der Waals surface area contributed by atoms with Crippen LogP contribution in [-0.4, -0.2) is 19.9 Å². The van der Waals surface area contributed by atoms with Crippen LogP contribution in [0.2, 0.25) is 0 Å². The van der Waals surface area contributed by atoms with Crippen LogP contribution in [0.25, 0.3) is 11.1 Å². The summed E-state index contributed by atoms with van der Waals surface area (Å²) < 4.78 is 12.0. The summed E-state index contributed by atoms with van der Waals surface area (Å²) >= 11 is 0. The van der Waals surface area contributed by atoms with E-state index in [-0.39, 0.29) is 0 Å². The Labute approximate surface area is 198 Å². The average molecular weight is 455 g/mol. The van der Waals surface area contributed by atoms with E-state index >= 15 is 0 Å². The summed E-state index contributed by atoms with van der Waals surface area (Å²) in [5.41, 5.74) is 7.71. The smallest absolute Gasteiger partial charge is 0.127 e.